The Balaban J connectivity index is 1.69. The van der Waals surface area contributed by atoms with E-state index in [9.17, 15) is 14.7 Å². The smallest absolute Gasteiger partial charge is 0.340 e. The average molecular weight is 561 g/mol. The minimum Gasteiger partial charge on any atom is -0.494 e. The van der Waals surface area contributed by atoms with Gasteiger partial charge in [-0.05, 0) is 56.2 Å². The molecule has 0 radical (unpaired) electrons. The van der Waals surface area contributed by atoms with E-state index in [4.69, 9.17) is 18.9 Å². The zero-order chi connectivity index (χ0) is 29.2. The lowest BCUT2D eigenvalue weighted by Gasteiger charge is -2.30. The summed E-state index contributed by atoms with van der Waals surface area (Å²) in [5.74, 6) is 0.339. The van der Waals surface area contributed by atoms with Gasteiger partial charge in [-0.25, -0.2) is 9.59 Å². The molecule has 0 saturated carbocycles. The lowest BCUT2D eigenvalue weighted by atomic mass is 9.79. The van der Waals surface area contributed by atoms with E-state index in [1.165, 1.54) is 13.0 Å². The summed E-state index contributed by atoms with van der Waals surface area (Å²) in [5.41, 5.74) is 1.41. The summed E-state index contributed by atoms with van der Waals surface area (Å²) in [4.78, 5) is 25.9. The van der Waals surface area contributed by atoms with Crippen molar-refractivity contribution in [3.63, 3.8) is 0 Å². The van der Waals surface area contributed by atoms with Crippen LogP contribution in [0.4, 0.5) is 0 Å². The van der Waals surface area contributed by atoms with Gasteiger partial charge in [0.15, 0.2) is 5.60 Å². The number of hydrogen-bond acceptors (Lipinski definition) is 7. The third-order valence-corrected chi connectivity index (χ3v) is 7.11. The summed E-state index contributed by atoms with van der Waals surface area (Å²) in [6.07, 6.45) is 5.66. The van der Waals surface area contributed by atoms with Crippen LogP contribution in [0.15, 0.2) is 66.7 Å². The Morgan fingerprint density at radius 3 is 1.85 bits per heavy atom. The first-order valence-electron chi connectivity index (χ1n) is 14.6. The molecule has 0 fully saturated rings. The first-order chi connectivity index (χ1) is 19.9. The van der Waals surface area contributed by atoms with Crippen LogP contribution < -0.4 is 9.47 Å². The molecule has 0 bridgehead atoms. The van der Waals surface area contributed by atoms with Crippen molar-refractivity contribution in [2.45, 2.75) is 71.0 Å². The Morgan fingerprint density at radius 1 is 0.829 bits per heavy atom. The Bertz CT molecular complexity index is 1240. The molecule has 218 valence electrons. The second kappa shape index (κ2) is 14.2. The van der Waals surface area contributed by atoms with Gasteiger partial charge in [0.25, 0.3) is 0 Å². The third-order valence-electron chi connectivity index (χ3n) is 7.11. The summed E-state index contributed by atoms with van der Waals surface area (Å²) < 4.78 is 23.2. The van der Waals surface area contributed by atoms with Crippen molar-refractivity contribution in [1.29, 1.82) is 0 Å². The topological polar surface area (TPSA) is 91.3 Å². The molecule has 1 heterocycles. The predicted octanol–water partition coefficient (Wildman–Crippen LogP) is 6.82. The lowest BCUT2D eigenvalue weighted by molar-refractivity contribution is 0.0251. The summed E-state index contributed by atoms with van der Waals surface area (Å²) in [6.45, 7) is 6.99. The van der Waals surface area contributed by atoms with Crippen LogP contribution in [0.25, 0.3) is 0 Å². The predicted molar refractivity (Wildman–Crippen MR) is 157 cm³/mol. The minimum absolute atomic E-state index is 0.135. The first-order valence-corrected chi connectivity index (χ1v) is 14.6. The number of unbranched alkanes of at least 4 members (excludes halogenated alkanes) is 4. The number of carbonyl (C=O) groups is 2. The van der Waals surface area contributed by atoms with Crippen molar-refractivity contribution in [2.75, 3.05) is 19.8 Å². The van der Waals surface area contributed by atoms with E-state index in [0.29, 0.717) is 18.8 Å². The largest absolute Gasteiger partial charge is 0.494 e. The molecule has 0 aliphatic carbocycles. The highest BCUT2D eigenvalue weighted by Gasteiger charge is 2.48. The van der Waals surface area contributed by atoms with Crippen molar-refractivity contribution in [1.82, 2.24) is 0 Å². The van der Waals surface area contributed by atoms with Crippen LogP contribution in [0.5, 0.6) is 11.5 Å². The van der Waals surface area contributed by atoms with Crippen LogP contribution in [-0.4, -0.2) is 43.0 Å². The molecular weight excluding hydrogens is 520 g/mol. The number of ether oxygens (including phenoxy) is 4. The molecule has 4 rings (SSSR count). The van der Waals surface area contributed by atoms with E-state index < -0.39 is 23.6 Å². The summed E-state index contributed by atoms with van der Waals surface area (Å²) >= 11 is 0. The number of carbonyl (C=O) groups excluding carboxylic acids is 2. The molecule has 0 amide bonds. The molecule has 7 nitrogen and oxygen atoms in total. The van der Waals surface area contributed by atoms with Crippen LogP contribution in [0.2, 0.25) is 0 Å². The van der Waals surface area contributed by atoms with Crippen LogP contribution in [-0.2, 0) is 15.1 Å². The Kier molecular flexibility index (Phi) is 10.4. The van der Waals surface area contributed by atoms with E-state index in [0.717, 1.165) is 61.2 Å². The highest BCUT2D eigenvalue weighted by molar-refractivity contribution is 6.00. The van der Waals surface area contributed by atoms with Crippen molar-refractivity contribution in [2.24, 2.45) is 0 Å². The molecule has 1 aliphatic rings. The maximum absolute atomic E-state index is 13.3. The molecule has 7 heteroatoms. The second-order valence-electron chi connectivity index (χ2n) is 10.4. The van der Waals surface area contributed by atoms with Crippen LogP contribution >= 0.6 is 0 Å². The maximum Gasteiger partial charge on any atom is 0.340 e. The zero-order valence-electron chi connectivity index (χ0n) is 24.2. The van der Waals surface area contributed by atoms with Crippen LogP contribution in [0.1, 0.15) is 96.7 Å². The van der Waals surface area contributed by atoms with E-state index in [2.05, 4.69) is 13.8 Å². The van der Waals surface area contributed by atoms with Crippen molar-refractivity contribution >= 4 is 11.9 Å². The fraction of sp³-hybridized carbons (Fsp3) is 0.412. The van der Waals surface area contributed by atoms with Gasteiger partial charge in [0.1, 0.15) is 18.1 Å². The molecule has 1 atom stereocenters. The van der Waals surface area contributed by atoms with Crippen molar-refractivity contribution < 1.29 is 33.6 Å². The maximum atomic E-state index is 13.3. The first kappa shape index (κ1) is 30.1. The van der Waals surface area contributed by atoms with E-state index >= 15 is 0 Å². The van der Waals surface area contributed by atoms with Gasteiger partial charge >= 0.3 is 11.9 Å². The van der Waals surface area contributed by atoms with Gasteiger partial charge in [-0.3, -0.25) is 0 Å². The Hall–Kier alpha value is -3.84. The molecular formula is C34H40O7. The van der Waals surface area contributed by atoms with E-state index in [1.54, 1.807) is 12.1 Å². The highest BCUT2D eigenvalue weighted by Crippen LogP contribution is 2.47. The van der Waals surface area contributed by atoms with Gasteiger partial charge in [0.2, 0.25) is 0 Å². The number of fused-ring (bicyclic) bond motifs is 1. The van der Waals surface area contributed by atoms with Gasteiger partial charge < -0.3 is 24.1 Å². The van der Waals surface area contributed by atoms with Gasteiger partial charge in [0.05, 0.1) is 30.4 Å². The molecule has 0 aromatic heterocycles. The molecule has 0 spiro atoms. The van der Waals surface area contributed by atoms with Gasteiger partial charge in [-0.2, -0.15) is 0 Å². The number of cyclic esters (lactones) is 1. The number of esters is 2. The zero-order valence-corrected chi connectivity index (χ0v) is 24.2. The molecule has 3 aromatic rings. The Morgan fingerprint density at radius 2 is 1.37 bits per heavy atom. The molecule has 41 heavy (non-hydrogen) atoms. The molecule has 1 aliphatic heterocycles. The second-order valence-corrected chi connectivity index (χ2v) is 10.4. The third kappa shape index (κ3) is 7.09. The summed E-state index contributed by atoms with van der Waals surface area (Å²) in [5, 5.41) is 9.48. The summed E-state index contributed by atoms with van der Waals surface area (Å²) in [6, 6.07) is 20.1. The number of aliphatic hydroxyl groups excluding tert-OH is 1. The standard InChI is InChI=1S/C34H40O7/c1-4-6-8-20-38-28-15-11-26(12-16-28)34(27-13-17-29(18-14-27)39-21-9-7-5-2)31-19-10-25(22-30(31)33(37)41-34)32(36)40-23-24(3)35/h10-19,22,24,35H,4-9,20-21,23H2,1-3H3. The normalized spacial score (nSPS) is 14.2. The SMILES string of the molecule is CCCCCOc1ccc(C2(c3ccc(OCCCCC)cc3)OC(=O)c3cc(C(=O)OCC(C)O)ccc32)cc1. The van der Waals surface area contributed by atoms with Crippen molar-refractivity contribution in [3.05, 3.63) is 94.5 Å². The average Bonchev–Trinajstić information content (AvgIpc) is 3.29. The fourth-order valence-electron chi connectivity index (χ4n) is 4.93. The highest BCUT2D eigenvalue weighted by atomic mass is 16.6. The molecule has 3 aromatic carbocycles. The van der Waals surface area contributed by atoms with Gasteiger partial charge in [-0.1, -0.05) is 69.9 Å². The number of aliphatic hydroxyl groups is 1. The van der Waals surface area contributed by atoms with E-state index in [1.807, 2.05) is 48.5 Å². The quantitative estimate of drug-likeness (QED) is 0.161. The number of rotatable bonds is 15. The lowest BCUT2D eigenvalue weighted by Crippen LogP contribution is -2.29. The Labute approximate surface area is 242 Å². The molecule has 0 saturated heterocycles. The van der Waals surface area contributed by atoms with Crippen LogP contribution in [0.3, 0.4) is 0 Å². The monoisotopic (exact) mass is 560 g/mol. The molecule has 1 N–H and O–H groups in total. The minimum atomic E-state index is -1.23. The number of benzene rings is 3. The van der Waals surface area contributed by atoms with Gasteiger partial charge in [-0.15, -0.1) is 0 Å². The fourth-order valence-corrected chi connectivity index (χ4v) is 4.93. The van der Waals surface area contributed by atoms with Crippen LogP contribution in [0, 0.1) is 0 Å². The van der Waals surface area contributed by atoms with Crippen molar-refractivity contribution in [3.8, 4) is 11.5 Å². The van der Waals surface area contributed by atoms with Gasteiger partial charge in [0, 0.05) is 16.7 Å². The summed E-state index contributed by atoms with van der Waals surface area (Å²) in [7, 11) is 0. The number of hydrogen-bond donors (Lipinski definition) is 1. The molecule has 1 unspecified atom stereocenters. The van der Waals surface area contributed by atoms with E-state index in [-0.39, 0.29) is 17.7 Å².